The van der Waals surface area contributed by atoms with Crippen LogP contribution in [0.4, 0.5) is 0 Å². The number of carbonyl (C=O) groups is 1. The smallest absolute Gasteiger partial charge is 0.234 e. The molecular weight excluding hydrogens is 154 g/mol. The second-order valence-corrected chi connectivity index (χ2v) is 4.33. The SMILES string of the molecule is C[N+](C)(C)C1CC[C@@H](C(N)=O)N1. The average Bonchev–Trinajstić information content (AvgIpc) is 2.30. The highest BCUT2D eigenvalue weighted by atomic mass is 16.1. The summed E-state index contributed by atoms with van der Waals surface area (Å²) in [5, 5.41) is 3.23. The maximum absolute atomic E-state index is 10.8. The molecule has 1 saturated heterocycles. The highest BCUT2D eigenvalue weighted by Crippen LogP contribution is 2.17. The van der Waals surface area contributed by atoms with E-state index in [4.69, 9.17) is 5.73 Å². The van der Waals surface area contributed by atoms with Crippen molar-refractivity contribution in [2.75, 3.05) is 21.1 Å². The first-order valence-corrected chi connectivity index (χ1v) is 4.28. The number of hydrogen-bond acceptors (Lipinski definition) is 2. The molecule has 0 saturated carbocycles. The van der Waals surface area contributed by atoms with Crippen LogP contribution in [-0.4, -0.2) is 43.7 Å². The number of nitrogens with zero attached hydrogens (tertiary/aromatic N) is 1. The Morgan fingerprint density at radius 3 is 2.25 bits per heavy atom. The fourth-order valence-electron chi connectivity index (χ4n) is 1.56. The van der Waals surface area contributed by atoms with E-state index in [1.165, 1.54) is 0 Å². The van der Waals surface area contributed by atoms with Crippen molar-refractivity contribution in [2.45, 2.75) is 25.0 Å². The molecule has 0 aromatic heterocycles. The van der Waals surface area contributed by atoms with Crippen LogP contribution in [0.25, 0.3) is 0 Å². The standard InChI is InChI=1S/C8H17N3O/c1-11(2,3)7-5-4-6(10-7)8(9)12/h6-7,10H,4-5H2,1-3H3,(H-,9,12)/p+1/t6-,7?/m0/s1. The molecule has 0 radical (unpaired) electrons. The second kappa shape index (κ2) is 3.03. The van der Waals surface area contributed by atoms with Crippen LogP contribution >= 0.6 is 0 Å². The number of quaternary nitrogens is 1. The summed E-state index contributed by atoms with van der Waals surface area (Å²) in [7, 11) is 6.34. The van der Waals surface area contributed by atoms with Crippen LogP contribution in [0.15, 0.2) is 0 Å². The summed E-state index contributed by atoms with van der Waals surface area (Å²) in [5.41, 5.74) is 5.19. The van der Waals surface area contributed by atoms with Crippen molar-refractivity contribution in [1.82, 2.24) is 5.32 Å². The number of amides is 1. The summed E-state index contributed by atoms with van der Waals surface area (Å²) in [4.78, 5) is 10.8. The number of nitrogens with two attached hydrogens (primary N) is 1. The maximum atomic E-state index is 10.8. The van der Waals surface area contributed by atoms with Crippen LogP contribution in [-0.2, 0) is 4.79 Å². The van der Waals surface area contributed by atoms with Crippen LogP contribution in [0.5, 0.6) is 0 Å². The second-order valence-electron chi connectivity index (χ2n) is 4.33. The van der Waals surface area contributed by atoms with Gasteiger partial charge < -0.3 is 10.2 Å². The van der Waals surface area contributed by atoms with Crippen LogP contribution in [0.1, 0.15) is 12.8 Å². The molecule has 4 nitrogen and oxygen atoms in total. The molecule has 2 atom stereocenters. The molecule has 0 aromatic carbocycles. The van der Waals surface area contributed by atoms with E-state index in [-0.39, 0.29) is 11.9 Å². The van der Waals surface area contributed by atoms with Gasteiger partial charge in [-0.1, -0.05) is 0 Å². The van der Waals surface area contributed by atoms with Gasteiger partial charge in [0.1, 0.15) is 6.17 Å². The highest BCUT2D eigenvalue weighted by molar-refractivity contribution is 5.80. The predicted octanol–water partition coefficient (Wildman–Crippen LogP) is -0.744. The van der Waals surface area contributed by atoms with Crippen molar-refractivity contribution >= 4 is 5.91 Å². The fraction of sp³-hybridized carbons (Fsp3) is 0.875. The third-order valence-corrected chi connectivity index (χ3v) is 2.40. The minimum absolute atomic E-state index is 0.118. The lowest BCUT2D eigenvalue weighted by molar-refractivity contribution is -0.898. The van der Waals surface area contributed by atoms with Gasteiger partial charge in [-0.05, 0) is 6.42 Å². The molecular formula is C8H18N3O+. The molecule has 0 bridgehead atoms. The summed E-state index contributed by atoms with van der Waals surface area (Å²) in [6.45, 7) is 0. The molecule has 3 N–H and O–H groups in total. The van der Waals surface area contributed by atoms with Gasteiger partial charge in [0, 0.05) is 6.42 Å². The van der Waals surface area contributed by atoms with Gasteiger partial charge in [-0.25, -0.2) is 0 Å². The Labute approximate surface area is 73.3 Å². The largest absolute Gasteiger partial charge is 0.368 e. The monoisotopic (exact) mass is 172 g/mol. The van der Waals surface area contributed by atoms with Crippen molar-refractivity contribution in [1.29, 1.82) is 0 Å². The van der Waals surface area contributed by atoms with E-state index < -0.39 is 0 Å². The molecule has 4 heteroatoms. The minimum atomic E-state index is -0.231. The molecule has 70 valence electrons. The number of rotatable bonds is 2. The molecule has 0 aliphatic carbocycles. The summed E-state index contributed by atoms with van der Waals surface area (Å²) >= 11 is 0. The molecule has 1 rings (SSSR count). The molecule has 0 spiro atoms. The zero-order chi connectivity index (χ0) is 9.35. The van der Waals surface area contributed by atoms with E-state index in [9.17, 15) is 4.79 Å². The van der Waals surface area contributed by atoms with E-state index in [1.807, 2.05) is 0 Å². The minimum Gasteiger partial charge on any atom is -0.368 e. The highest BCUT2D eigenvalue weighted by Gasteiger charge is 2.34. The zero-order valence-electron chi connectivity index (χ0n) is 8.00. The number of primary amides is 1. The Hall–Kier alpha value is -0.610. The maximum Gasteiger partial charge on any atom is 0.234 e. The van der Waals surface area contributed by atoms with Crippen LogP contribution in [0, 0.1) is 0 Å². The topological polar surface area (TPSA) is 55.1 Å². The average molecular weight is 172 g/mol. The number of hydrogen-bond donors (Lipinski definition) is 2. The van der Waals surface area contributed by atoms with Gasteiger partial charge in [0.2, 0.25) is 5.91 Å². The lowest BCUT2D eigenvalue weighted by Crippen LogP contribution is -2.53. The summed E-state index contributed by atoms with van der Waals surface area (Å²) < 4.78 is 0.837. The van der Waals surface area contributed by atoms with Gasteiger partial charge in [0.15, 0.2) is 0 Å². The molecule has 1 fully saturated rings. The van der Waals surface area contributed by atoms with Crippen LogP contribution in [0.2, 0.25) is 0 Å². The summed E-state index contributed by atoms with van der Waals surface area (Å²) in [5.74, 6) is -0.231. The molecule has 1 aliphatic rings. The van der Waals surface area contributed by atoms with Gasteiger partial charge in [0.05, 0.1) is 27.2 Å². The first-order chi connectivity index (χ1) is 5.41. The first-order valence-electron chi connectivity index (χ1n) is 4.28. The first kappa shape index (κ1) is 9.48. The predicted molar refractivity (Wildman–Crippen MR) is 47.2 cm³/mol. The van der Waals surface area contributed by atoms with Crippen molar-refractivity contribution in [3.8, 4) is 0 Å². The van der Waals surface area contributed by atoms with Crippen molar-refractivity contribution in [2.24, 2.45) is 5.73 Å². The van der Waals surface area contributed by atoms with Gasteiger partial charge in [0.25, 0.3) is 0 Å². The van der Waals surface area contributed by atoms with Crippen LogP contribution < -0.4 is 11.1 Å². The lowest BCUT2D eigenvalue weighted by atomic mass is 10.2. The van der Waals surface area contributed by atoms with E-state index in [0.29, 0.717) is 6.17 Å². The Bertz CT molecular complexity index is 185. The Morgan fingerprint density at radius 2 is 2.00 bits per heavy atom. The normalized spacial score (nSPS) is 30.6. The molecule has 1 aliphatic heterocycles. The van der Waals surface area contributed by atoms with E-state index in [2.05, 4.69) is 26.5 Å². The Kier molecular flexibility index (Phi) is 2.39. The van der Waals surface area contributed by atoms with Gasteiger partial charge in [-0.15, -0.1) is 0 Å². The van der Waals surface area contributed by atoms with E-state index in [0.717, 1.165) is 17.3 Å². The van der Waals surface area contributed by atoms with Crippen molar-refractivity contribution in [3.63, 3.8) is 0 Å². The lowest BCUT2D eigenvalue weighted by Gasteiger charge is -2.31. The number of nitrogens with one attached hydrogen (secondary N) is 1. The third kappa shape index (κ3) is 1.95. The quantitative estimate of drug-likeness (QED) is 0.539. The molecule has 1 amide bonds. The third-order valence-electron chi connectivity index (χ3n) is 2.40. The van der Waals surface area contributed by atoms with Gasteiger partial charge in [-0.3, -0.25) is 10.1 Å². The number of carbonyl (C=O) groups excluding carboxylic acids is 1. The van der Waals surface area contributed by atoms with Crippen LogP contribution in [0.3, 0.4) is 0 Å². The summed E-state index contributed by atoms with van der Waals surface area (Å²) in [6.07, 6.45) is 2.26. The molecule has 12 heavy (non-hydrogen) atoms. The van der Waals surface area contributed by atoms with E-state index >= 15 is 0 Å². The fourth-order valence-corrected chi connectivity index (χ4v) is 1.56. The summed E-state index contributed by atoms with van der Waals surface area (Å²) in [6, 6.07) is -0.118. The Morgan fingerprint density at radius 1 is 1.42 bits per heavy atom. The van der Waals surface area contributed by atoms with Crippen molar-refractivity contribution in [3.05, 3.63) is 0 Å². The molecule has 1 unspecified atom stereocenters. The zero-order valence-corrected chi connectivity index (χ0v) is 8.00. The molecule has 1 heterocycles. The Balaban J connectivity index is 2.51. The van der Waals surface area contributed by atoms with Gasteiger partial charge in [-0.2, -0.15) is 0 Å². The molecule has 0 aromatic rings. The van der Waals surface area contributed by atoms with Crippen molar-refractivity contribution < 1.29 is 9.28 Å². The van der Waals surface area contributed by atoms with E-state index in [1.54, 1.807) is 0 Å². The van der Waals surface area contributed by atoms with Gasteiger partial charge >= 0.3 is 0 Å².